The molecule has 5 heteroatoms. The number of rotatable bonds is 4. The lowest BCUT2D eigenvalue weighted by Crippen LogP contribution is -2.06. The Morgan fingerprint density at radius 1 is 1.13 bits per heavy atom. The maximum absolute atomic E-state index is 10.3. The number of aryl methyl sites for hydroxylation is 3. The zero-order valence-electron chi connectivity index (χ0n) is 12.8. The van der Waals surface area contributed by atoms with Gasteiger partial charge < -0.3 is 18.7 Å². The summed E-state index contributed by atoms with van der Waals surface area (Å²) in [7, 11) is 2.03. The zero-order chi connectivity index (χ0) is 15.8. The number of aromatic hydroxyl groups is 1. The van der Waals surface area contributed by atoms with Crippen LogP contribution in [0.1, 0.15) is 5.69 Å². The molecule has 4 rings (SSSR count). The van der Waals surface area contributed by atoms with E-state index in [9.17, 15) is 5.11 Å². The molecule has 0 bridgehead atoms. The smallest absolute Gasteiger partial charge is 0.177 e. The summed E-state index contributed by atoms with van der Waals surface area (Å²) >= 11 is 0. The van der Waals surface area contributed by atoms with Gasteiger partial charge in [-0.2, -0.15) is 0 Å². The Balaban J connectivity index is 1.82. The molecular weight excluding hydrogens is 290 g/mol. The number of para-hydroxylation sites is 1. The molecule has 0 aliphatic heterocycles. The molecule has 0 atom stereocenters. The number of hydrogen-bond donors (Lipinski definition) is 1. The summed E-state index contributed by atoms with van der Waals surface area (Å²) in [5.74, 6) is 1.67. The Bertz CT molecular complexity index is 948. The van der Waals surface area contributed by atoms with Gasteiger partial charge in [-0.1, -0.05) is 6.07 Å². The first kappa shape index (κ1) is 13.7. The number of hydrogen-bond acceptors (Lipinski definition) is 3. The zero-order valence-corrected chi connectivity index (χ0v) is 12.8. The normalized spacial score (nSPS) is 11.3. The fourth-order valence-electron chi connectivity index (χ4n) is 2.96. The van der Waals surface area contributed by atoms with Gasteiger partial charge in [0.15, 0.2) is 11.6 Å². The van der Waals surface area contributed by atoms with Crippen molar-refractivity contribution >= 4 is 11.0 Å². The Hall–Kier alpha value is -2.95. The highest BCUT2D eigenvalue weighted by Crippen LogP contribution is 2.30. The van der Waals surface area contributed by atoms with Crippen LogP contribution >= 0.6 is 0 Å². The Kier molecular flexibility index (Phi) is 3.19. The third-order valence-corrected chi connectivity index (χ3v) is 4.13. The van der Waals surface area contributed by atoms with Crippen molar-refractivity contribution in [3.63, 3.8) is 0 Å². The molecule has 0 unspecified atom stereocenters. The quantitative estimate of drug-likeness (QED) is 0.627. The molecule has 0 saturated carbocycles. The number of nitrogens with zero attached hydrogens (tertiary/aromatic N) is 3. The number of imidazole rings is 1. The van der Waals surface area contributed by atoms with Crippen LogP contribution < -0.4 is 0 Å². The molecule has 0 saturated heterocycles. The molecule has 23 heavy (non-hydrogen) atoms. The minimum absolute atomic E-state index is 0.236. The fourth-order valence-corrected chi connectivity index (χ4v) is 2.96. The maximum Gasteiger partial charge on any atom is 0.177 e. The van der Waals surface area contributed by atoms with E-state index >= 15 is 0 Å². The summed E-state index contributed by atoms with van der Waals surface area (Å²) in [6, 6.07) is 13.3. The van der Waals surface area contributed by atoms with Crippen molar-refractivity contribution < 1.29 is 9.52 Å². The van der Waals surface area contributed by atoms with Gasteiger partial charge in [-0.05, 0) is 36.4 Å². The number of fused-ring (bicyclic) bond motifs is 1. The predicted molar refractivity (Wildman–Crippen MR) is 88.2 cm³/mol. The number of phenolic OH excluding ortho intramolecular Hbond substituents is 1. The van der Waals surface area contributed by atoms with Gasteiger partial charge in [-0.3, -0.25) is 0 Å². The molecule has 5 nitrogen and oxygen atoms in total. The van der Waals surface area contributed by atoms with E-state index in [-0.39, 0.29) is 5.75 Å². The van der Waals surface area contributed by atoms with Gasteiger partial charge in [0.05, 0.1) is 11.8 Å². The van der Waals surface area contributed by atoms with Gasteiger partial charge in [0.2, 0.25) is 0 Å². The van der Waals surface area contributed by atoms with Crippen LogP contribution in [0.2, 0.25) is 0 Å². The average Bonchev–Trinajstić information content (AvgIpc) is 3.24. The Morgan fingerprint density at radius 3 is 2.78 bits per heavy atom. The van der Waals surface area contributed by atoms with Gasteiger partial charge in [-0.25, -0.2) is 4.98 Å². The van der Waals surface area contributed by atoms with Crippen molar-refractivity contribution in [1.29, 1.82) is 0 Å². The molecule has 0 fully saturated rings. The summed E-state index contributed by atoms with van der Waals surface area (Å²) in [6.45, 7) is 0.710. The second-order valence-electron chi connectivity index (χ2n) is 5.57. The molecule has 3 heterocycles. The lowest BCUT2D eigenvalue weighted by Gasteiger charge is -2.09. The minimum atomic E-state index is 0.236. The van der Waals surface area contributed by atoms with Gasteiger partial charge in [0, 0.05) is 31.9 Å². The Morgan fingerprint density at radius 2 is 2.04 bits per heavy atom. The second kappa shape index (κ2) is 5.35. The highest BCUT2D eigenvalue weighted by molar-refractivity contribution is 5.85. The first-order valence-corrected chi connectivity index (χ1v) is 7.56. The fraction of sp³-hybridized carbons (Fsp3) is 0.167. The van der Waals surface area contributed by atoms with Crippen molar-refractivity contribution in [3.05, 3.63) is 60.6 Å². The van der Waals surface area contributed by atoms with Gasteiger partial charge in [-0.15, -0.1) is 0 Å². The van der Waals surface area contributed by atoms with Crippen molar-refractivity contribution in [2.45, 2.75) is 13.0 Å². The monoisotopic (exact) mass is 307 g/mol. The van der Waals surface area contributed by atoms with E-state index in [2.05, 4.69) is 15.6 Å². The van der Waals surface area contributed by atoms with Crippen LogP contribution in [-0.2, 0) is 20.0 Å². The lowest BCUT2D eigenvalue weighted by atomic mass is 10.2. The molecule has 0 aliphatic carbocycles. The van der Waals surface area contributed by atoms with Crippen LogP contribution in [0.15, 0.2) is 59.3 Å². The van der Waals surface area contributed by atoms with E-state index in [4.69, 9.17) is 4.42 Å². The van der Waals surface area contributed by atoms with Crippen molar-refractivity contribution in [2.75, 3.05) is 0 Å². The number of aromatic nitrogens is 3. The van der Waals surface area contributed by atoms with Crippen LogP contribution in [0.3, 0.4) is 0 Å². The number of phenols is 1. The summed E-state index contributed by atoms with van der Waals surface area (Å²) in [6.07, 6.45) is 4.51. The van der Waals surface area contributed by atoms with Crippen LogP contribution in [0.4, 0.5) is 0 Å². The van der Waals surface area contributed by atoms with E-state index in [1.165, 1.54) is 5.69 Å². The van der Waals surface area contributed by atoms with E-state index in [0.29, 0.717) is 12.3 Å². The van der Waals surface area contributed by atoms with Gasteiger partial charge in [0.1, 0.15) is 11.3 Å². The van der Waals surface area contributed by atoms with Crippen LogP contribution in [0, 0.1) is 0 Å². The molecule has 0 radical (unpaired) electrons. The first-order chi connectivity index (χ1) is 11.2. The maximum atomic E-state index is 10.3. The Labute approximate surface area is 133 Å². The van der Waals surface area contributed by atoms with E-state index in [1.807, 2.05) is 42.1 Å². The third-order valence-electron chi connectivity index (χ3n) is 4.13. The molecule has 1 aromatic carbocycles. The van der Waals surface area contributed by atoms with Crippen LogP contribution in [0.5, 0.6) is 5.75 Å². The summed E-state index contributed by atoms with van der Waals surface area (Å²) in [5, 5.41) is 10.3. The minimum Gasteiger partial charge on any atom is -0.506 e. The highest BCUT2D eigenvalue weighted by Gasteiger charge is 2.17. The third kappa shape index (κ3) is 2.30. The average molecular weight is 307 g/mol. The van der Waals surface area contributed by atoms with E-state index in [1.54, 1.807) is 18.4 Å². The number of furan rings is 1. The van der Waals surface area contributed by atoms with Gasteiger partial charge in [0.25, 0.3) is 0 Å². The van der Waals surface area contributed by atoms with Crippen LogP contribution in [-0.4, -0.2) is 19.2 Å². The van der Waals surface area contributed by atoms with Gasteiger partial charge >= 0.3 is 0 Å². The largest absolute Gasteiger partial charge is 0.506 e. The molecule has 3 aromatic heterocycles. The molecule has 0 aliphatic rings. The standard InChI is InChI=1S/C18H17N3O2/c1-20-10-3-5-13(20)9-11-21-17-14(6-2-7-15(17)22)19-18(21)16-8-4-12-23-16/h2-8,10,12,22H,9,11H2,1H3. The molecule has 1 N–H and O–H groups in total. The second-order valence-corrected chi connectivity index (χ2v) is 5.57. The molecule has 0 spiro atoms. The van der Waals surface area contributed by atoms with Crippen LogP contribution in [0.25, 0.3) is 22.6 Å². The molecule has 4 aromatic rings. The van der Waals surface area contributed by atoms with Crippen molar-refractivity contribution in [3.8, 4) is 17.3 Å². The SMILES string of the molecule is Cn1cccc1CCn1c(-c2ccco2)nc2cccc(O)c21. The number of benzene rings is 1. The van der Waals surface area contributed by atoms with Crippen molar-refractivity contribution in [1.82, 2.24) is 14.1 Å². The first-order valence-electron chi connectivity index (χ1n) is 7.56. The molecular formula is C18H17N3O2. The lowest BCUT2D eigenvalue weighted by molar-refractivity contribution is 0.477. The highest BCUT2D eigenvalue weighted by atomic mass is 16.3. The van der Waals surface area contributed by atoms with E-state index in [0.717, 1.165) is 23.3 Å². The summed E-state index contributed by atoms with van der Waals surface area (Å²) in [4.78, 5) is 4.64. The van der Waals surface area contributed by atoms with Crippen molar-refractivity contribution in [2.24, 2.45) is 7.05 Å². The summed E-state index contributed by atoms with van der Waals surface area (Å²) in [5.41, 5.74) is 2.74. The summed E-state index contributed by atoms with van der Waals surface area (Å²) < 4.78 is 9.65. The van der Waals surface area contributed by atoms with E-state index < -0.39 is 0 Å². The molecule has 116 valence electrons. The molecule has 0 amide bonds. The topological polar surface area (TPSA) is 56.1 Å². The predicted octanol–water partition coefficient (Wildman–Crippen LogP) is 3.58.